The first-order valence-electron chi connectivity index (χ1n) is 5.45. The zero-order valence-electron chi connectivity index (χ0n) is 10.1. The molecule has 1 aromatic carbocycles. The van der Waals surface area contributed by atoms with Crippen LogP contribution in [0.2, 0.25) is 0 Å². The van der Waals surface area contributed by atoms with Crippen LogP contribution in [0.1, 0.15) is 12.0 Å². The van der Waals surface area contributed by atoms with Crippen LogP contribution in [-0.4, -0.2) is 26.0 Å². The molecule has 0 bridgehead atoms. The zero-order chi connectivity index (χ0) is 12.7. The van der Waals surface area contributed by atoms with Crippen molar-refractivity contribution in [3.8, 4) is 0 Å². The Bertz CT molecular complexity index is 360. The summed E-state index contributed by atoms with van der Waals surface area (Å²) in [5, 5.41) is 5.10. The lowest BCUT2D eigenvalue weighted by Crippen LogP contribution is -2.39. The van der Waals surface area contributed by atoms with Crippen LogP contribution in [0.4, 0.5) is 8.78 Å². The van der Waals surface area contributed by atoms with Crippen molar-refractivity contribution < 1.29 is 13.6 Å². The minimum Gasteiger partial charge on any atom is -0.351 e. The van der Waals surface area contributed by atoms with E-state index in [-0.39, 0.29) is 24.5 Å². The Kier molecular flexibility index (Phi) is 7.47. The van der Waals surface area contributed by atoms with E-state index in [1.807, 2.05) is 0 Å². The predicted molar refractivity (Wildman–Crippen MR) is 69.1 cm³/mol. The molecule has 0 spiro atoms. The van der Waals surface area contributed by atoms with Crippen molar-refractivity contribution in [3.63, 3.8) is 0 Å². The first-order valence-corrected chi connectivity index (χ1v) is 5.45. The maximum atomic E-state index is 13.6. The molecule has 0 fully saturated rings. The Hall–Kier alpha value is -1.20. The van der Waals surface area contributed by atoms with Crippen molar-refractivity contribution in [2.45, 2.75) is 12.3 Å². The molecule has 0 atom stereocenters. The molecular formula is C12H17ClF2N2O. The van der Waals surface area contributed by atoms with Crippen LogP contribution in [0, 0.1) is 0 Å². The lowest BCUT2D eigenvalue weighted by molar-refractivity contribution is -0.146. The summed E-state index contributed by atoms with van der Waals surface area (Å²) < 4.78 is 27.3. The summed E-state index contributed by atoms with van der Waals surface area (Å²) in [5.74, 6) is -4.72. The first kappa shape index (κ1) is 16.8. The SMILES string of the molecule is CNCCCNC(=O)C(F)(F)c1ccccc1.Cl. The first-order chi connectivity index (χ1) is 8.09. The van der Waals surface area contributed by atoms with E-state index in [0.717, 1.165) is 0 Å². The molecule has 1 aromatic rings. The van der Waals surface area contributed by atoms with Crippen LogP contribution in [0.25, 0.3) is 0 Å². The van der Waals surface area contributed by atoms with Crippen LogP contribution < -0.4 is 10.6 Å². The highest BCUT2D eigenvalue weighted by Crippen LogP contribution is 2.27. The normalized spacial score (nSPS) is 10.6. The average molecular weight is 279 g/mol. The van der Waals surface area contributed by atoms with Crippen molar-refractivity contribution in [2.75, 3.05) is 20.1 Å². The van der Waals surface area contributed by atoms with Gasteiger partial charge < -0.3 is 10.6 Å². The van der Waals surface area contributed by atoms with Gasteiger partial charge in [0.1, 0.15) is 0 Å². The fourth-order valence-corrected chi connectivity index (χ4v) is 1.36. The molecule has 3 nitrogen and oxygen atoms in total. The maximum Gasteiger partial charge on any atom is 0.349 e. The number of rotatable bonds is 6. The van der Waals surface area contributed by atoms with Crippen LogP contribution in [0.5, 0.6) is 0 Å². The largest absolute Gasteiger partial charge is 0.351 e. The van der Waals surface area contributed by atoms with E-state index in [0.29, 0.717) is 13.0 Å². The van der Waals surface area contributed by atoms with Gasteiger partial charge in [0, 0.05) is 12.1 Å². The molecule has 1 rings (SSSR count). The van der Waals surface area contributed by atoms with Gasteiger partial charge in [-0.1, -0.05) is 30.3 Å². The number of hydrogen-bond donors (Lipinski definition) is 2. The molecule has 1 amide bonds. The molecule has 102 valence electrons. The van der Waals surface area contributed by atoms with Crippen LogP contribution in [0.15, 0.2) is 30.3 Å². The van der Waals surface area contributed by atoms with Crippen molar-refractivity contribution in [3.05, 3.63) is 35.9 Å². The molecule has 6 heteroatoms. The summed E-state index contributed by atoms with van der Waals surface area (Å²) >= 11 is 0. The van der Waals surface area contributed by atoms with Crippen molar-refractivity contribution in [2.24, 2.45) is 0 Å². The van der Waals surface area contributed by atoms with E-state index in [4.69, 9.17) is 0 Å². The second kappa shape index (κ2) is 8.00. The van der Waals surface area contributed by atoms with Gasteiger partial charge in [-0.15, -0.1) is 12.4 Å². The number of nitrogens with one attached hydrogen (secondary N) is 2. The molecule has 0 saturated heterocycles. The van der Waals surface area contributed by atoms with E-state index in [1.165, 1.54) is 24.3 Å². The second-order valence-electron chi connectivity index (χ2n) is 3.65. The van der Waals surface area contributed by atoms with E-state index >= 15 is 0 Å². The fraction of sp³-hybridized carbons (Fsp3) is 0.417. The standard InChI is InChI=1S/C12H16F2N2O.ClH/c1-15-8-5-9-16-11(17)12(13,14)10-6-3-2-4-7-10;/h2-4,6-7,15H,5,8-9H2,1H3,(H,16,17);1H. The van der Waals surface area contributed by atoms with Gasteiger partial charge in [0.05, 0.1) is 0 Å². The van der Waals surface area contributed by atoms with Gasteiger partial charge in [-0.25, -0.2) is 0 Å². The average Bonchev–Trinajstić information content (AvgIpc) is 2.35. The highest BCUT2D eigenvalue weighted by atomic mass is 35.5. The molecule has 0 aliphatic heterocycles. The molecule has 0 saturated carbocycles. The summed E-state index contributed by atoms with van der Waals surface area (Å²) in [6, 6.07) is 7.08. The quantitative estimate of drug-likeness (QED) is 0.781. The molecule has 2 N–H and O–H groups in total. The Labute approximate surface area is 111 Å². The van der Waals surface area contributed by atoms with Crippen molar-refractivity contribution >= 4 is 18.3 Å². The topological polar surface area (TPSA) is 41.1 Å². The lowest BCUT2D eigenvalue weighted by Gasteiger charge is -2.16. The van der Waals surface area contributed by atoms with Crippen LogP contribution >= 0.6 is 12.4 Å². The molecule has 0 radical (unpaired) electrons. The summed E-state index contributed by atoms with van der Waals surface area (Å²) in [5.41, 5.74) is -0.286. The minimum atomic E-state index is -3.47. The smallest absolute Gasteiger partial charge is 0.349 e. The Morgan fingerprint density at radius 3 is 2.39 bits per heavy atom. The molecule has 0 aromatic heterocycles. The van der Waals surface area contributed by atoms with Gasteiger partial charge in [-0.05, 0) is 20.0 Å². The molecule has 0 aliphatic carbocycles. The Morgan fingerprint density at radius 2 is 1.83 bits per heavy atom. The predicted octanol–water partition coefficient (Wildman–Crippen LogP) is 1.93. The summed E-state index contributed by atoms with van der Waals surface area (Å²) in [6.45, 7) is 0.916. The lowest BCUT2D eigenvalue weighted by atomic mass is 10.1. The van der Waals surface area contributed by atoms with E-state index in [1.54, 1.807) is 13.1 Å². The number of benzene rings is 1. The van der Waals surface area contributed by atoms with Crippen molar-refractivity contribution in [1.82, 2.24) is 10.6 Å². The third kappa shape index (κ3) is 4.58. The third-order valence-corrected chi connectivity index (χ3v) is 2.31. The Balaban J connectivity index is 0.00000289. The van der Waals surface area contributed by atoms with Gasteiger partial charge in [-0.3, -0.25) is 4.79 Å². The molecule has 0 unspecified atom stereocenters. The molecule has 0 aliphatic rings. The second-order valence-corrected chi connectivity index (χ2v) is 3.65. The highest BCUT2D eigenvalue weighted by molar-refractivity contribution is 5.85. The molecule has 18 heavy (non-hydrogen) atoms. The van der Waals surface area contributed by atoms with E-state index < -0.39 is 11.8 Å². The summed E-state index contributed by atoms with van der Waals surface area (Å²) in [7, 11) is 1.76. The fourth-order valence-electron chi connectivity index (χ4n) is 1.36. The number of carbonyl (C=O) groups is 1. The van der Waals surface area contributed by atoms with Gasteiger partial charge in [0.25, 0.3) is 5.91 Å². The molecule has 0 heterocycles. The maximum absolute atomic E-state index is 13.6. The van der Waals surface area contributed by atoms with Gasteiger partial charge in [-0.2, -0.15) is 8.78 Å². The summed E-state index contributed by atoms with van der Waals surface area (Å²) in [6.07, 6.45) is 0.618. The number of amides is 1. The third-order valence-electron chi connectivity index (χ3n) is 2.31. The van der Waals surface area contributed by atoms with Gasteiger partial charge >= 0.3 is 5.92 Å². The van der Waals surface area contributed by atoms with Gasteiger partial charge in [0.15, 0.2) is 0 Å². The van der Waals surface area contributed by atoms with Crippen molar-refractivity contribution in [1.29, 1.82) is 0 Å². The van der Waals surface area contributed by atoms with E-state index in [2.05, 4.69) is 10.6 Å². The monoisotopic (exact) mass is 278 g/mol. The number of hydrogen-bond acceptors (Lipinski definition) is 2. The summed E-state index contributed by atoms with van der Waals surface area (Å²) in [4.78, 5) is 11.3. The molecular weight excluding hydrogens is 262 g/mol. The number of alkyl halides is 2. The van der Waals surface area contributed by atoms with Crippen LogP contribution in [-0.2, 0) is 10.7 Å². The highest BCUT2D eigenvalue weighted by Gasteiger charge is 2.40. The minimum absolute atomic E-state index is 0. The number of carbonyl (C=O) groups excluding carboxylic acids is 1. The van der Waals surface area contributed by atoms with E-state index in [9.17, 15) is 13.6 Å². The number of halogens is 3. The van der Waals surface area contributed by atoms with Crippen LogP contribution in [0.3, 0.4) is 0 Å². The zero-order valence-corrected chi connectivity index (χ0v) is 10.9. The van der Waals surface area contributed by atoms with Gasteiger partial charge in [0.2, 0.25) is 0 Å². The Morgan fingerprint density at radius 1 is 1.22 bits per heavy atom.